The summed E-state index contributed by atoms with van der Waals surface area (Å²) < 4.78 is 22.1. The summed E-state index contributed by atoms with van der Waals surface area (Å²) in [6.07, 6.45) is 8.51. The molecule has 3 unspecified atom stereocenters. The summed E-state index contributed by atoms with van der Waals surface area (Å²) in [5.41, 5.74) is 3.07. The molecule has 3 atom stereocenters. The van der Waals surface area contributed by atoms with Crippen LogP contribution in [0.3, 0.4) is 0 Å². The van der Waals surface area contributed by atoms with E-state index in [-0.39, 0.29) is 11.9 Å². The zero-order valence-corrected chi connectivity index (χ0v) is 19.4. The number of likely N-dealkylation sites (tertiary alicyclic amines) is 1. The summed E-state index contributed by atoms with van der Waals surface area (Å²) in [5, 5.41) is 3.45. The van der Waals surface area contributed by atoms with Crippen LogP contribution in [0, 0.1) is 12.7 Å². The number of rotatable bonds is 6. The molecule has 1 aliphatic rings. The van der Waals surface area contributed by atoms with Gasteiger partial charge in [0.05, 0.1) is 5.69 Å². The summed E-state index contributed by atoms with van der Waals surface area (Å²) in [4.78, 5) is 16.2. The minimum absolute atomic E-state index is 0.214. The van der Waals surface area contributed by atoms with E-state index in [1.807, 2.05) is 19.1 Å². The first-order valence-electron chi connectivity index (χ1n) is 11.4. The van der Waals surface area contributed by atoms with Gasteiger partial charge < -0.3 is 14.6 Å². The number of hydrogen-bond donors (Lipinski definition) is 1. The van der Waals surface area contributed by atoms with E-state index in [0.717, 1.165) is 12.0 Å². The van der Waals surface area contributed by atoms with E-state index in [1.165, 1.54) is 18.9 Å². The summed E-state index contributed by atoms with van der Waals surface area (Å²) >= 11 is 0. The van der Waals surface area contributed by atoms with E-state index in [0.29, 0.717) is 46.5 Å². The molecule has 0 amide bonds. The first kappa shape index (κ1) is 21.6. The van der Waals surface area contributed by atoms with Crippen molar-refractivity contribution in [3.63, 3.8) is 0 Å². The molecule has 1 N–H and O–H groups in total. The van der Waals surface area contributed by atoms with Gasteiger partial charge in [-0.25, -0.2) is 14.4 Å². The molecule has 0 aliphatic carbocycles. The van der Waals surface area contributed by atoms with Gasteiger partial charge in [0.1, 0.15) is 23.5 Å². The molecular weight excluding hydrogens is 419 g/mol. The van der Waals surface area contributed by atoms with Gasteiger partial charge >= 0.3 is 5.84 Å². The number of benzene rings is 1. The zero-order chi connectivity index (χ0) is 23.1. The van der Waals surface area contributed by atoms with Crippen molar-refractivity contribution >= 4 is 11.8 Å². The molecule has 0 bridgehead atoms. The molecule has 0 saturated carbocycles. The number of fused-ring (bicyclic) bond motifs is 1. The molecule has 1 fully saturated rings. The second-order valence-electron chi connectivity index (χ2n) is 9.14. The van der Waals surface area contributed by atoms with E-state index >= 15 is 0 Å². The minimum Gasteiger partial charge on any atom is -0.432 e. The number of hydrogen-bond acceptors (Lipinski definition) is 6. The number of aromatic nitrogens is 4. The number of oxazole rings is 1. The van der Waals surface area contributed by atoms with Crippen LogP contribution in [0.5, 0.6) is 0 Å². The van der Waals surface area contributed by atoms with Gasteiger partial charge in [-0.1, -0.05) is 6.07 Å². The van der Waals surface area contributed by atoms with Crippen molar-refractivity contribution in [2.45, 2.75) is 58.2 Å². The van der Waals surface area contributed by atoms with Crippen LogP contribution < -0.4 is 5.32 Å². The second kappa shape index (κ2) is 8.59. The van der Waals surface area contributed by atoms with E-state index < -0.39 is 0 Å². The van der Waals surface area contributed by atoms with Crippen LogP contribution in [0.15, 0.2) is 47.3 Å². The molecule has 1 aromatic carbocycles. The van der Waals surface area contributed by atoms with E-state index in [4.69, 9.17) is 9.40 Å². The Morgan fingerprint density at radius 3 is 2.85 bits per heavy atom. The maximum atomic E-state index is 14.8. The van der Waals surface area contributed by atoms with Crippen LogP contribution in [-0.4, -0.2) is 49.4 Å². The Balaban J connectivity index is 1.46. The van der Waals surface area contributed by atoms with Gasteiger partial charge in [-0.05, 0) is 70.8 Å². The summed E-state index contributed by atoms with van der Waals surface area (Å²) in [5.74, 6) is 0.607. The number of anilines is 1. The normalized spacial score (nSPS) is 19.9. The maximum Gasteiger partial charge on any atom is 0.306 e. The van der Waals surface area contributed by atoms with E-state index in [1.54, 1.807) is 29.1 Å². The first-order valence-corrected chi connectivity index (χ1v) is 11.4. The summed E-state index contributed by atoms with van der Waals surface area (Å²) in [7, 11) is 2.20. The standard InChI is InChI=1S/C25H29FN6O/c1-15-5-8-19(20(26)13-15)22-23(32-11-12-33-25(32)30-22)21-9-10-27-24(29-21)28-16(2)14-18-7-6-17(3)31(18)4/h5,8-13,16-18H,6-7,14H2,1-4H3,(H,27,28,29). The van der Waals surface area contributed by atoms with Gasteiger partial charge in [-0.15, -0.1) is 0 Å². The molecular formula is C25H29FN6O. The van der Waals surface area contributed by atoms with Crippen molar-refractivity contribution in [2.24, 2.45) is 0 Å². The Bertz CT molecular complexity index is 1280. The average Bonchev–Trinajstić information content (AvgIpc) is 3.45. The Morgan fingerprint density at radius 1 is 1.24 bits per heavy atom. The number of halogens is 1. The van der Waals surface area contributed by atoms with Gasteiger partial charge in [0, 0.05) is 36.1 Å². The number of nitrogens with one attached hydrogen (secondary N) is 1. The fourth-order valence-corrected chi connectivity index (χ4v) is 4.76. The predicted molar refractivity (Wildman–Crippen MR) is 127 cm³/mol. The molecule has 172 valence electrons. The van der Waals surface area contributed by atoms with Crippen LogP contribution in [0.1, 0.15) is 38.7 Å². The lowest BCUT2D eigenvalue weighted by molar-refractivity contribution is 0.238. The number of nitrogens with zero attached hydrogens (tertiary/aromatic N) is 5. The van der Waals surface area contributed by atoms with Crippen molar-refractivity contribution in [2.75, 3.05) is 12.4 Å². The third-order valence-corrected chi connectivity index (χ3v) is 6.73. The summed E-state index contributed by atoms with van der Waals surface area (Å²) in [6, 6.07) is 8.34. The third kappa shape index (κ3) is 4.11. The molecule has 7 nitrogen and oxygen atoms in total. The molecule has 0 spiro atoms. The van der Waals surface area contributed by atoms with Crippen molar-refractivity contribution in [1.82, 2.24) is 24.3 Å². The van der Waals surface area contributed by atoms with Gasteiger partial charge in [0.15, 0.2) is 0 Å². The van der Waals surface area contributed by atoms with Crippen molar-refractivity contribution < 1.29 is 8.81 Å². The van der Waals surface area contributed by atoms with Gasteiger partial charge in [0.2, 0.25) is 5.95 Å². The van der Waals surface area contributed by atoms with Gasteiger partial charge in [-0.3, -0.25) is 4.40 Å². The molecule has 1 aliphatic heterocycles. The summed E-state index contributed by atoms with van der Waals surface area (Å²) in [6.45, 7) is 6.30. The lowest BCUT2D eigenvalue weighted by Crippen LogP contribution is -2.34. The smallest absolute Gasteiger partial charge is 0.306 e. The highest BCUT2D eigenvalue weighted by atomic mass is 19.1. The Morgan fingerprint density at radius 2 is 2.09 bits per heavy atom. The molecule has 3 aromatic heterocycles. The highest BCUT2D eigenvalue weighted by Gasteiger charge is 2.28. The van der Waals surface area contributed by atoms with Crippen LogP contribution >= 0.6 is 0 Å². The Kier molecular flexibility index (Phi) is 5.62. The molecule has 4 aromatic rings. The monoisotopic (exact) mass is 448 g/mol. The third-order valence-electron chi connectivity index (χ3n) is 6.73. The van der Waals surface area contributed by atoms with Crippen molar-refractivity contribution in [1.29, 1.82) is 0 Å². The van der Waals surface area contributed by atoms with Crippen molar-refractivity contribution in [3.05, 3.63) is 54.3 Å². The topological polar surface area (TPSA) is 71.5 Å². The van der Waals surface area contributed by atoms with Gasteiger partial charge in [0.25, 0.3) is 0 Å². The Labute approximate surface area is 192 Å². The van der Waals surface area contributed by atoms with Crippen LogP contribution in [0.25, 0.3) is 28.5 Å². The molecule has 4 heterocycles. The minimum atomic E-state index is -0.326. The molecule has 1 saturated heterocycles. The van der Waals surface area contributed by atoms with E-state index in [9.17, 15) is 4.39 Å². The number of aryl methyl sites for hydroxylation is 1. The SMILES string of the molecule is Cc1ccc(-c2nc3occn3c2-c2ccnc(NC(C)CC3CCC(C)N3C)n2)c(F)c1. The van der Waals surface area contributed by atoms with E-state index in [2.05, 4.69) is 41.1 Å². The average molecular weight is 449 g/mol. The number of imidazole rings is 1. The second-order valence-corrected chi connectivity index (χ2v) is 9.14. The highest BCUT2D eigenvalue weighted by Crippen LogP contribution is 2.34. The van der Waals surface area contributed by atoms with Gasteiger partial charge in [-0.2, -0.15) is 4.98 Å². The lowest BCUT2D eigenvalue weighted by atomic mass is 10.1. The molecule has 0 radical (unpaired) electrons. The maximum absolute atomic E-state index is 14.8. The molecule has 33 heavy (non-hydrogen) atoms. The molecule has 8 heteroatoms. The zero-order valence-electron chi connectivity index (χ0n) is 19.4. The lowest BCUT2D eigenvalue weighted by Gasteiger charge is -2.26. The fourth-order valence-electron chi connectivity index (χ4n) is 4.76. The first-order chi connectivity index (χ1) is 15.9. The van der Waals surface area contributed by atoms with Crippen molar-refractivity contribution in [3.8, 4) is 22.6 Å². The van der Waals surface area contributed by atoms with Crippen LogP contribution in [0.2, 0.25) is 0 Å². The van der Waals surface area contributed by atoms with Crippen LogP contribution in [-0.2, 0) is 0 Å². The van der Waals surface area contributed by atoms with Crippen LogP contribution in [0.4, 0.5) is 10.3 Å². The predicted octanol–water partition coefficient (Wildman–Crippen LogP) is 5.17. The highest BCUT2D eigenvalue weighted by molar-refractivity contribution is 5.80. The quantitative estimate of drug-likeness (QED) is 0.439. The largest absolute Gasteiger partial charge is 0.432 e. The Hall–Kier alpha value is -3.26. The fraction of sp³-hybridized carbons (Fsp3) is 0.400. The molecule has 5 rings (SSSR count).